The highest BCUT2D eigenvalue weighted by Gasteiger charge is 2.32. The molecule has 0 spiro atoms. The molecule has 0 radical (unpaired) electrons. The summed E-state index contributed by atoms with van der Waals surface area (Å²) < 4.78 is 11.3. The lowest BCUT2D eigenvalue weighted by atomic mass is 10.1. The van der Waals surface area contributed by atoms with Crippen LogP contribution in [0.15, 0.2) is 24.3 Å². The predicted octanol–water partition coefficient (Wildman–Crippen LogP) is 2.00. The maximum atomic E-state index is 12.3. The summed E-state index contributed by atoms with van der Waals surface area (Å²) in [5.74, 6) is 5.54. The van der Waals surface area contributed by atoms with Gasteiger partial charge in [-0.15, -0.1) is 0 Å². The number of carbonyl (C=O) groups is 2. The van der Waals surface area contributed by atoms with Gasteiger partial charge in [-0.25, -0.2) is 10.6 Å². The van der Waals surface area contributed by atoms with Gasteiger partial charge in [0.15, 0.2) is 0 Å². The van der Waals surface area contributed by atoms with Crippen molar-refractivity contribution in [2.24, 2.45) is 5.84 Å². The maximum Gasteiger partial charge on any atom is 0.410 e. The monoisotopic (exact) mass is 349 g/mol. The van der Waals surface area contributed by atoms with Crippen molar-refractivity contribution in [2.45, 2.75) is 51.7 Å². The first kappa shape index (κ1) is 19.1. The standard InChI is InChI=1S/C18H27N3O4/c1-18(2,3)25-17(23)21-10-4-5-14(21)12-24-15-8-6-13(7-9-15)11-16(22)20-19/h6-9,14H,4-5,10-12,19H2,1-3H3,(H,20,22)/t14-/m0/s1. The van der Waals surface area contributed by atoms with Gasteiger partial charge in [-0.2, -0.15) is 0 Å². The van der Waals surface area contributed by atoms with E-state index in [9.17, 15) is 9.59 Å². The fourth-order valence-electron chi connectivity index (χ4n) is 2.70. The number of hydrazine groups is 1. The van der Waals surface area contributed by atoms with E-state index in [4.69, 9.17) is 15.3 Å². The SMILES string of the molecule is CC(C)(C)OC(=O)N1CCC[C@H]1COc1ccc(CC(=O)NN)cc1. The normalized spacial score (nSPS) is 17.3. The van der Waals surface area contributed by atoms with Crippen molar-refractivity contribution in [2.75, 3.05) is 13.2 Å². The number of amides is 2. The summed E-state index contributed by atoms with van der Waals surface area (Å²) in [4.78, 5) is 25.2. The fraction of sp³-hybridized carbons (Fsp3) is 0.556. The van der Waals surface area contributed by atoms with Gasteiger partial charge in [-0.3, -0.25) is 10.2 Å². The zero-order chi connectivity index (χ0) is 18.4. The molecule has 0 aromatic heterocycles. The van der Waals surface area contributed by atoms with E-state index in [1.54, 1.807) is 4.90 Å². The van der Waals surface area contributed by atoms with Crippen molar-refractivity contribution < 1.29 is 19.1 Å². The Balaban J connectivity index is 1.87. The van der Waals surface area contributed by atoms with Crippen LogP contribution in [-0.4, -0.2) is 41.7 Å². The van der Waals surface area contributed by atoms with Crippen LogP contribution in [0.2, 0.25) is 0 Å². The summed E-state index contributed by atoms with van der Waals surface area (Å²) in [6, 6.07) is 7.28. The molecule has 0 saturated carbocycles. The van der Waals surface area contributed by atoms with E-state index < -0.39 is 5.60 Å². The van der Waals surface area contributed by atoms with E-state index in [0.29, 0.717) is 18.9 Å². The van der Waals surface area contributed by atoms with E-state index in [2.05, 4.69) is 5.43 Å². The average Bonchev–Trinajstić information content (AvgIpc) is 3.01. The second-order valence-electron chi connectivity index (χ2n) is 7.17. The molecule has 2 rings (SSSR count). The molecule has 0 unspecified atom stereocenters. The molecule has 1 aliphatic heterocycles. The predicted molar refractivity (Wildman–Crippen MR) is 93.9 cm³/mol. The number of nitrogens with one attached hydrogen (secondary N) is 1. The minimum Gasteiger partial charge on any atom is -0.491 e. The molecular weight excluding hydrogens is 322 g/mol. The molecule has 0 aliphatic carbocycles. The first-order valence-corrected chi connectivity index (χ1v) is 8.49. The fourth-order valence-corrected chi connectivity index (χ4v) is 2.70. The van der Waals surface area contributed by atoms with Gasteiger partial charge in [0.05, 0.1) is 12.5 Å². The summed E-state index contributed by atoms with van der Waals surface area (Å²) in [7, 11) is 0. The molecule has 1 saturated heterocycles. The number of hydrogen-bond acceptors (Lipinski definition) is 5. The third kappa shape index (κ3) is 5.94. The quantitative estimate of drug-likeness (QED) is 0.482. The molecule has 25 heavy (non-hydrogen) atoms. The van der Waals surface area contributed by atoms with Gasteiger partial charge in [-0.1, -0.05) is 12.1 Å². The van der Waals surface area contributed by atoms with Gasteiger partial charge < -0.3 is 14.4 Å². The van der Waals surface area contributed by atoms with Gasteiger partial charge in [0.25, 0.3) is 0 Å². The number of ether oxygens (including phenoxy) is 2. The lowest BCUT2D eigenvalue weighted by molar-refractivity contribution is -0.120. The first-order valence-electron chi connectivity index (χ1n) is 8.49. The number of nitrogens with zero attached hydrogens (tertiary/aromatic N) is 1. The van der Waals surface area contributed by atoms with Crippen molar-refractivity contribution >= 4 is 12.0 Å². The molecular formula is C18H27N3O4. The minimum absolute atomic E-state index is 0.0116. The van der Waals surface area contributed by atoms with Crippen LogP contribution < -0.4 is 16.0 Å². The summed E-state index contributed by atoms with van der Waals surface area (Å²) in [5.41, 5.74) is 2.45. The summed E-state index contributed by atoms with van der Waals surface area (Å²) in [5, 5.41) is 0. The molecule has 1 aliphatic rings. The number of carbonyl (C=O) groups excluding carboxylic acids is 2. The highest BCUT2D eigenvalue weighted by atomic mass is 16.6. The summed E-state index contributed by atoms with van der Waals surface area (Å²) >= 11 is 0. The summed E-state index contributed by atoms with van der Waals surface area (Å²) in [6.45, 7) is 6.69. The second kappa shape index (κ2) is 8.20. The van der Waals surface area contributed by atoms with E-state index in [-0.39, 0.29) is 24.5 Å². The number of likely N-dealkylation sites (tertiary alicyclic amines) is 1. The lowest BCUT2D eigenvalue weighted by Gasteiger charge is -2.28. The molecule has 7 heteroatoms. The smallest absolute Gasteiger partial charge is 0.410 e. The Kier molecular flexibility index (Phi) is 6.25. The Labute approximate surface area is 148 Å². The molecule has 1 atom stereocenters. The van der Waals surface area contributed by atoms with Gasteiger partial charge in [0.2, 0.25) is 5.91 Å². The van der Waals surface area contributed by atoms with Crippen LogP contribution in [0.1, 0.15) is 39.2 Å². The van der Waals surface area contributed by atoms with Crippen molar-refractivity contribution in [1.82, 2.24) is 10.3 Å². The number of nitrogens with two attached hydrogens (primary N) is 1. The molecule has 3 N–H and O–H groups in total. The molecule has 1 fully saturated rings. The highest BCUT2D eigenvalue weighted by molar-refractivity contribution is 5.77. The van der Waals surface area contributed by atoms with Crippen LogP contribution in [0.5, 0.6) is 5.75 Å². The molecule has 2 amide bonds. The molecule has 1 aromatic rings. The topological polar surface area (TPSA) is 93.9 Å². The largest absolute Gasteiger partial charge is 0.491 e. The summed E-state index contributed by atoms with van der Waals surface area (Å²) in [6.07, 6.45) is 1.78. The van der Waals surface area contributed by atoms with Gasteiger partial charge in [0.1, 0.15) is 18.0 Å². The van der Waals surface area contributed by atoms with E-state index in [1.165, 1.54) is 0 Å². The average molecular weight is 349 g/mol. The molecule has 1 heterocycles. The second-order valence-corrected chi connectivity index (χ2v) is 7.17. The molecule has 1 aromatic carbocycles. The number of hydrogen-bond donors (Lipinski definition) is 2. The van der Waals surface area contributed by atoms with Gasteiger partial charge in [0, 0.05) is 6.54 Å². The molecule has 138 valence electrons. The Morgan fingerprint density at radius 3 is 2.56 bits per heavy atom. The van der Waals surface area contributed by atoms with Crippen LogP contribution in [0, 0.1) is 0 Å². The Morgan fingerprint density at radius 1 is 1.28 bits per heavy atom. The van der Waals surface area contributed by atoms with Gasteiger partial charge >= 0.3 is 6.09 Å². The minimum atomic E-state index is -0.503. The van der Waals surface area contributed by atoms with E-state index in [1.807, 2.05) is 45.0 Å². The Bertz CT molecular complexity index is 595. The zero-order valence-corrected chi connectivity index (χ0v) is 15.1. The maximum absolute atomic E-state index is 12.3. The molecule has 0 bridgehead atoms. The number of rotatable bonds is 5. The number of benzene rings is 1. The van der Waals surface area contributed by atoms with Crippen molar-refractivity contribution in [1.29, 1.82) is 0 Å². The Hall–Kier alpha value is -2.28. The van der Waals surface area contributed by atoms with Crippen molar-refractivity contribution in [3.8, 4) is 5.75 Å². The Morgan fingerprint density at radius 2 is 1.96 bits per heavy atom. The van der Waals surface area contributed by atoms with Crippen LogP contribution in [0.3, 0.4) is 0 Å². The first-order chi connectivity index (χ1) is 11.8. The van der Waals surface area contributed by atoms with Crippen molar-refractivity contribution in [3.63, 3.8) is 0 Å². The van der Waals surface area contributed by atoms with Crippen molar-refractivity contribution in [3.05, 3.63) is 29.8 Å². The third-order valence-corrected chi connectivity index (χ3v) is 3.90. The van der Waals surface area contributed by atoms with Crippen LogP contribution in [0.4, 0.5) is 4.79 Å². The van der Waals surface area contributed by atoms with E-state index in [0.717, 1.165) is 18.4 Å². The third-order valence-electron chi connectivity index (χ3n) is 3.90. The van der Waals surface area contributed by atoms with Crippen LogP contribution in [-0.2, 0) is 16.0 Å². The van der Waals surface area contributed by atoms with Gasteiger partial charge in [-0.05, 0) is 51.3 Å². The lowest BCUT2D eigenvalue weighted by Crippen LogP contribution is -2.42. The van der Waals surface area contributed by atoms with Crippen LogP contribution >= 0.6 is 0 Å². The highest BCUT2D eigenvalue weighted by Crippen LogP contribution is 2.22. The van der Waals surface area contributed by atoms with E-state index >= 15 is 0 Å². The zero-order valence-electron chi connectivity index (χ0n) is 15.1. The molecule has 7 nitrogen and oxygen atoms in total. The van der Waals surface area contributed by atoms with Crippen LogP contribution in [0.25, 0.3) is 0 Å².